The van der Waals surface area contributed by atoms with Gasteiger partial charge in [-0.15, -0.1) is 0 Å². The number of piperidine rings is 1. The van der Waals surface area contributed by atoms with Crippen LogP contribution in [0.3, 0.4) is 0 Å². The number of carbonyl (C=O) groups excluding carboxylic acids is 2. The Bertz CT molecular complexity index is 963. The molecule has 3 N–H and O–H groups in total. The maximum absolute atomic E-state index is 12.8. The summed E-state index contributed by atoms with van der Waals surface area (Å²) in [4.78, 5) is 37.8. The zero-order valence-corrected chi connectivity index (χ0v) is 18.0. The Morgan fingerprint density at radius 2 is 1.87 bits per heavy atom. The zero-order chi connectivity index (χ0) is 22.3. The lowest BCUT2D eigenvalue weighted by atomic mass is 9.87. The van der Waals surface area contributed by atoms with Crippen molar-refractivity contribution in [1.29, 1.82) is 0 Å². The number of carbonyl (C=O) groups is 2. The van der Waals surface area contributed by atoms with Crippen molar-refractivity contribution in [3.63, 3.8) is 0 Å². The molecular formula is C24H31N3O4. The van der Waals surface area contributed by atoms with Crippen LogP contribution < -0.4 is 16.2 Å². The second-order valence-corrected chi connectivity index (χ2v) is 8.24. The highest BCUT2D eigenvalue weighted by atomic mass is 16.3. The lowest BCUT2D eigenvalue weighted by Gasteiger charge is -2.32. The molecule has 3 rings (SSSR count). The minimum atomic E-state index is -0.635. The first-order valence-electron chi connectivity index (χ1n) is 10.9. The number of hydrogen-bond donors (Lipinski definition) is 3. The number of Topliss-reactive ketones (excluding diaryl/α,β-unsaturated/α-hetero) is 1. The van der Waals surface area contributed by atoms with Crippen molar-refractivity contribution in [2.75, 3.05) is 20.1 Å². The molecule has 0 saturated carbocycles. The number of aromatic nitrogens is 1. The monoisotopic (exact) mass is 425 g/mol. The molecule has 1 amide bonds. The number of benzene rings is 1. The molecule has 1 fully saturated rings. The van der Waals surface area contributed by atoms with Crippen LogP contribution in [0.25, 0.3) is 0 Å². The molecule has 0 aliphatic carbocycles. The van der Waals surface area contributed by atoms with Crippen molar-refractivity contribution in [2.45, 2.75) is 50.7 Å². The van der Waals surface area contributed by atoms with Crippen LogP contribution in [0.15, 0.2) is 47.4 Å². The summed E-state index contributed by atoms with van der Waals surface area (Å²) < 4.78 is 1.42. The maximum atomic E-state index is 12.8. The summed E-state index contributed by atoms with van der Waals surface area (Å²) in [5.41, 5.74) is 0.173. The number of aliphatic hydroxyl groups is 1. The summed E-state index contributed by atoms with van der Waals surface area (Å²) in [5, 5.41) is 16.3. The van der Waals surface area contributed by atoms with Crippen molar-refractivity contribution in [3.05, 3.63) is 69.6 Å². The van der Waals surface area contributed by atoms with E-state index in [2.05, 4.69) is 10.6 Å². The Morgan fingerprint density at radius 3 is 2.55 bits per heavy atom. The third-order valence-electron chi connectivity index (χ3n) is 5.91. The van der Waals surface area contributed by atoms with Gasteiger partial charge in [0.15, 0.2) is 5.78 Å². The summed E-state index contributed by atoms with van der Waals surface area (Å²) in [7, 11) is 1.46. The third-order valence-corrected chi connectivity index (χ3v) is 5.91. The van der Waals surface area contributed by atoms with Crippen LogP contribution in [-0.2, 0) is 6.54 Å². The SMILES string of the molecule is CNC(=O)c1cc(C(=O)CCCCC2(O)CCNCC2)cn(Cc2ccccc2)c1=O. The van der Waals surface area contributed by atoms with Gasteiger partial charge >= 0.3 is 0 Å². The van der Waals surface area contributed by atoms with E-state index in [1.807, 2.05) is 30.3 Å². The number of pyridine rings is 1. The predicted molar refractivity (Wildman–Crippen MR) is 119 cm³/mol. The molecule has 2 aromatic rings. The quantitative estimate of drug-likeness (QED) is 0.422. The van der Waals surface area contributed by atoms with Gasteiger partial charge in [0.25, 0.3) is 11.5 Å². The molecule has 0 bridgehead atoms. The molecule has 1 aromatic heterocycles. The van der Waals surface area contributed by atoms with E-state index in [0.717, 1.165) is 37.9 Å². The Hall–Kier alpha value is -2.77. The summed E-state index contributed by atoms with van der Waals surface area (Å²) in [6.07, 6.45) is 5.42. The van der Waals surface area contributed by atoms with E-state index < -0.39 is 17.1 Å². The van der Waals surface area contributed by atoms with E-state index in [9.17, 15) is 19.5 Å². The lowest BCUT2D eigenvalue weighted by Crippen LogP contribution is -2.41. The van der Waals surface area contributed by atoms with Gasteiger partial charge in [-0.2, -0.15) is 0 Å². The van der Waals surface area contributed by atoms with Gasteiger partial charge in [-0.25, -0.2) is 0 Å². The van der Waals surface area contributed by atoms with E-state index in [1.54, 1.807) is 6.20 Å². The van der Waals surface area contributed by atoms with Gasteiger partial charge in [-0.05, 0) is 50.4 Å². The standard InChI is InChI=1S/C24H31N3O4/c1-25-22(29)20-15-19(17-27(23(20)30)16-18-7-3-2-4-8-18)21(28)9-5-6-10-24(31)11-13-26-14-12-24/h2-4,7-8,15,17,26,31H,5-6,9-14,16H2,1H3,(H,25,29). The largest absolute Gasteiger partial charge is 0.390 e. The van der Waals surface area contributed by atoms with Crippen molar-refractivity contribution in [1.82, 2.24) is 15.2 Å². The summed E-state index contributed by atoms with van der Waals surface area (Å²) in [6.45, 7) is 1.92. The van der Waals surface area contributed by atoms with Crippen molar-refractivity contribution < 1.29 is 14.7 Å². The van der Waals surface area contributed by atoms with Gasteiger partial charge in [0, 0.05) is 25.2 Å². The molecule has 166 valence electrons. The normalized spacial score (nSPS) is 15.4. The third kappa shape index (κ3) is 6.12. The van der Waals surface area contributed by atoms with E-state index >= 15 is 0 Å². The van der Waals surface area contributed by atoms with Crippen molar-refractivity contribution in [3.8, 4) is 0 Å². The molecule has 0 radical (unpaired) electrons. The van der Waals surface area contributed by atoms with E-state index in [4.69, 9.17) is 0 Å². The number of rotatable bonds is 9. The number of hydrogen-bond acceptors (Lipinski definition) is 5. The first-order chi connectivity index (χ1) is 14.9. The van der Waals surface area contributed by atoms with Crippen LogP contribution in [0, 0.1) is 0 Å². The number of unbranched alkanes of at least 4 members (excludes halogenated alkanes) is 1. The fraction of sp³-hybridized carbons (Fsp3) is 0.458. The fourth-order valence-corrected chi connectivity index (χ4v) is 4.01. The van der Waals surface area contributed by atoms with Crippen LogP contribution >= 0.6 is 0 Å². The van der Waals surface area contributed by atoms with Crippen LogP contribution in [0.5, 0.6) is 0 Å². The molecule has 7 heteroatoms. The van der Waals surface area contributed by atoms with Gasteiger partial charge < -0.3 is 20.3 Å². The molecule has 0 unspecified atom stereocenters. The molecule has 7 nitrogen and oxygen atoms in total. The first-order valence-corrected chi connectivity index (χ1v) is 10.9. The van der Waals surface area contributed by atoms with Gasteiger partial charge in [-0.3, -0.25) is 14.4 Å². The summed E-state index contributed by atoms with van der Waals surface area (Å²) >= 11 is 0. The highest BCUT2D eigenvalue weighted by Crippen LogP contribution is 2.25. The van der Waals surface area contributed by atoms with Crippen LogP contribution in [0.4, 0.5) is 0 Å². The number of amides is 1. The van der Waals surface area contributed by atoms with Crippen LogP contribution in [0.1, 0.15) is 64.8 Å². The van der Waals surface area contributed by atoms with Gasteiger partial charge in [-0.1, -0.05) is 36.8 Å². The predicted octanol–water partition coefficient (Wildman–Crippen LogP) is 2.11. The molecular weight excluding hydrogens is 394 g/mol. The highest BCUT2D eigenvalue weighted by molar-refractivity contribution is 6.00. The molecule has 31 heavy (non-hydrogen) atoms. The number of ketones is 1. The van der Waals surface area contributed by atoms with E-state index in [1.165, 1.54) is 17.7 Å². The molecule has 1 aliphatic heterocycles. The second kappa shape index (κ2) is 10.5. The molecule has 1 saturated heterocycles. The second-order valence-electron chi connectivity index (χ2n) is 8.24. The van der Waals surface area contributed by atoms with Crippen molar-refractivity contribution >= 4 is 11.7 Å². The minimum Gasteiger partial charge on any atom is -0.390 e. The van der Waals surface area contributed by atoms with Gasteiger partial charge in [0.2, 0.25) is 0 Å². The van der Waals surface area contributed by atoms with E-state index in [-0.39, 0.29) is 17.9 Å². The number of nitrogens with zero attached hydrogens (tertiary/aromatic N) is 1. The smallest absolute Gasteiger partial charge is 0.263 e. The van der Waals surface area contributed by atoms with Crippen LogP contribution in [-0.4, -0.2) is 47.1 Å². The first kappa shape index (κ1) is 22.9. The summed E-state index contributed by atoms with van der Waals surface area (Å²) in [6, 6.07) is 10.8. The maximum Gasteiger partial charge on any atom is 0.263 e. The van der Waals surface area contributed by atoms with Gasteiger partial charge in [0.05, 0.1) is 12.1 Å². The average molecular weight is 426 g/mol. The molecule has 0 spiro atoms. The molecule has 2 heterocycles. The topological polar surface area (TPSA) is 100 Å². The zero-order valence-electron chi connectivity index (χ0n) is 18.0. The Balaban J connectivity index is 1.71. The molecule has 0 atom stereocenters. The average Bonchev–Trinajstić information content (AvgIpc) is 2.78. The summed E-state index contributed by atoms with van der Waals surface area (Å²) in [5.74, 6) is -0.612. The fourth-order valence-electron chi connectivity index (χ4n) is 4.01. The Labute approximate surface area is 182 Å². The van der Waals surface area contributed by atoms with Gasteiger partial charge in [0.1, 0.15) is 5.56 Å². The van der Waals surface area contributed by atoms with Crippen molar-refractivity contribution in [2.24, 2.45) is 0 Å². The Kier molecular flexibility index (Phi) is 7.76. The molecule has 1 aromatic carbocycles. The van der Waals surface area contributed by atoms with E-state index in [0.29, 0.717) is 24.8 Å². The molecule has 1 aliphatic rings. The van der Waals surface area contributed by atoms with Crippen LogP contribution in [0.2, 0.25) is 0 Å². The lowest BCUT2D eigenvalue weighted by molar-refractivity contribution is 0.000312. The number of nitrogens with one attached hydrogen (secondary N) is 2. The minimum absolute atomic E-state index is 0.0340. The highest BCUT2D eigenvalue weighted by Gasteiger charge is 2.28. The Morgan fingerprint density at radius 1 is 1.16 bits per heavy atom.